The van der Waals surface area contributed by atoms with E-state index in [-0.39, 0.29) is 27.8 Å². The lowest BCUT2D eigenvalue weighted by atomic mass is 9.96. The molecule has 1 saturated carbocycles. The second kappa shape index (κ2) is 9.75. The number of benzene rings is 1. The minimum Gasteiger partial charge on any atom is -0.349 e. The summed E-state index contributed by atoms with van der Waals surface area (Å²) in [6.07, 6.45) is 10.9. The van der Waals surface area contributed by atoms with Crippen LogP contribution in [0.5, 0.6) is 0 Å². The van der Waals surface area contributed by atoms with Gasteiger partial charge in [0.1, 0.15) is 5.56 Å². The van der Waals surface area contributed by atoms with E-state index in [9.17, 15) is 18.0 Å². The summed E-state index contributed by atoms with van der Waals surface area (Å²) in [6, 6.07) is 4.77. The zero-order valence-corrected chi connectivity index (χ0v) is 19.6. The summed E-state index contributed by atoms with van der Waals surface area (Å²) in [5.74, 6) is -0.363. The van der Waals surface area contributed by atoms with Gasteiger partial charge in [-0.2, -0.15) is 4.31 Å². The zero-order valence-electron chi connectivity index (χ0n) is 18.8. The molecule has 7 nitrogen and oxygen atoms in total. The number of hydrogen-bond acceptors (Lipinski definition) is 4. The monoisotopic (exact) mass is 459 g/mol. The van der Waals surface area contributed by atoms with Crippen molar-refractivity contribution in [2.45, 2.75) is 82.2 Å². The molecule has 2 aromatic rings. The first kappa shape index (κ1) is 23.0. The molecule has 8 heteroatoms. The number of hydrogen-bond donors (Lipinski definition) is 1. The number of pyridine rings is 1. The highest BCUT2D eigenvalue weighted by Crippen LogP contribution is 2.24. The number of sulfonamides is 1. The van der Waals surface area contributed by atoms with Gasteiger partial charge < -0.3 is 9.88 Å². The molecule has 1 aliphatic heterocycles. The molecule has 174 valence electrons. The number of fused-ring (bicyclic) bond motifs is 1. The molecule has 2 fully saturated rings. The van der Waals surface area contributed by atoms with E-state index >= 15 is 0 Å². The molecule has 1 aliphatic carbocycles. The number of amides is 1. The second-order valence-corrected chi connectivity index (χ2v) is 10.9. The predicted molar refractivity (Wildman–Crippen MR) is 125 cm³/mol. The van der Waals surface area contributed by atoms with Crippen LogP contribution in [0.2, 0.25) is 0 Å². The Morgan fingerprint density at radius 2 is 1.69 bits per heavy atom. The average molecular weight is 460 g/mol. The Kier molecular flexibility index (Phi) is 7.00. The lowest BCUT2D eigenvalue weighted by molar-refractivity contribution is 0.0929. The van der Waals surface area contributed by atoms with Gasteiger partial charge in [-0.15, -0.1) is 0 Å². The van der Waals surface area contributed by atoms with E-state index in [0.717, 1.165) is 38.5 Å². The van der Waals surface area contributed by atoms with Gasteiger partial charge in [0.15, 0.2) is 0 Å². The smallest absolute Gasteiger partial charge is 0.256 e. The molecular formula is C24H33N3O4S. The molecule has 0 radical (unpaired) electrons. The molecule has 32 heavy (non-hydrogen) atoms. The summed E-state index contributed by atoms with van der Waals surface area (Å²) >= 11 is 0. The Hall–Kier alpha value is -2.19. The van der Waals surface area contributed by atoms with E-state index in [1.807, 2.05) is 11.5 Å². The Labute approximate surface area is 189 Å². The summed E-state index contributed by atoms with van der Waals surface area (Å²) in [7, 11) is -3.65. The molecule has 2 heterocycles. The third kappa shape index (κ3) is 4.62. The Balaban J connectivity index is 1.70. The minimum atomic E-state index is -3.65. The molecule has 0 unspecified atom stereocenters. The summed E-state index contributed by atoms with van der Waals surface area (Å²) in [4.78, 5) is 26.5. The molecule has 4 rings (SSSR count). The fourth-order valence-corrected chi connectivity index (χ4v) is 6.45. The van der Waals surface area contributed by atoms with Gasteiger partial charge in [0, 0.05) is 37.3 Å². The summed E-state index contributed by atoms with van der Waals surface area (Å²) in [5.41, 5.74) is 0.309. The van der Waals surface area contributed by atoms with Gasteiger partial charge >= 0.3 is 0 Å². The van der Waals surface area contributed by atoms with Crippen LogP contribution in [-0.2, 0) is 16.6 Å². The largest absolute Gasteiger partial charge is 0.349 e. The first-order chi connectivity index (χ1) is 15.4. The number of carbonyl (C=O) groups excluding carboxylic acids is 1. The van der Waals surface area contributed by atoms with Crippen LogP contribution >= 0.6 is 0 Å². The van der Waals surface area contributed by atoms with E-state index in [1.54, 1.807) is 18.3 Å². The van der Waals surface area contributed by atoms with Crippen LogP contribution in [0.1, 0.15) is 75.1 Å². The lowest BCUT2D eigenvalue weighted by Gasteiger charge is -2.21. The van der Waals surface area contributed by atoms with Gasteiger partial charge in [0.05, 0.1) is 10.4 Å². The maximum atomic E-state index is 13.3. The summed E-state index contributed by atoms with van der Waals surface area (Å²) < 4.78 is 29.4. The molecular weight excluding hydrogens is 426 g/mol. The lowest BCUT2D eigenvalue weighted by Crippen LogP contribution is -2.38. The molecule has 2 aliphatic rings. The Morgan fingerprint density at radius 3 is 2.34 bits per heavy atom. The van der Waals surface area contributed by atoms with Crippen LogP contribution < -0.4 is 10.7 Å². The fourth-order valence-electron chi connectivity index (χ4n) is 4.90. The van der Waals surface area contributed by atoms with Crippen LogP contribution in [0.15, 0.2) is 34.1 Å². The normalized spacial score (nSPS) is 19.0. The van der Waals surface area contributed by atoms with Crippen LogP contribution in [-0.4, -0.2) is 42.3 Å². The van der Waals surface area contributed by atoms with Gasteiger partial charge in [-0.1, -0.05) is 32.1 Å². The number of aromatic nitrogens is 1. The standard InChI is InChI=1S/C24H33N3O4S/c1-2-26-17-21(24(29)25-18-10-6-4-3-5-7-11-18)23(28)20-16-19(12-13-22(20)26)32(30,31)27-14-8-9-15-27/h12-13,16-18H,2-11,14-15H2,1H3,(H,25,29). The quantitative estimate of drug-likeness (QED) is 0.739. The molecule has 0 bridgehead atoms. The van der Waals surface area contributed by atoms with Crippen molar-refractivity contribution in [1.29, 1.82) is 0 Å². The molecule has 1 aromatic heterocycles. The molecule has 1 amide bonds. The molecule has 1 N–H and O–H groups in total. The number of aryl methyl sites for hydroxylation is 1. The molecule has 0 atom stereocenters. The second-order valence-electron chi connectivity index (χ2n) is 8.96. The van der Waals surface area contributed by atoms with E-state index in [1.165, 1.54) is 29.6 Å². The van der Waals surface area contributed by atoms with E-state index < -0.39 is 15.5 Å². The van der Waals surface area contributed by atoms with Crippen molar-refractivity contribution < 1.29 is 13.2 Å². The van der Waals surface area contributed by atoms with E-state index in [4.69, 9.17) is 0 Å². The molecule has 0 spiro atoms. The zero-order chi connectivity index (χ0) is 22.7. The number of nitrogens with zero attached hydrogens (tertiary/aromatic N) is 2. The van der Waals surface area contributed by atoms with Crippen molar-refractivity contribution >= 4 is 26.8 Å². The van der Waals surface area contributed by atoms with Crippen molar-refractivity contribution in [2.24, 2.45) is 0 Å². The van der Waals surface area contributed by atoms with Gasteiger partial charge in [-0.25, -0.2) is 8.42 Å². The molecule has 1 saturated heterocycles. The Bertz CT molecular complexity index is 1140. The third-order valence-corrected chi connectivity index (χ3v) is 8.67. The highest BCUT2D eigenvalue weighted by atomic mass is 32.2. The summed E-state index contributed by atoms with van der Waals surface area (Å²) in [5, 5.41) is 3.35. The van der Waals surface area contributed by atoms with Crippen molar-refractivity contribution in [1.82, 2.24) is 14.2 Å². The third-order valence-electron chi connectivity index (χ3n) is 6.78. The topological polar surface area (TPSA) is 88.5 Å². The minimum absolute atomic E-state index is 0.0786. The van der Waals surface area contributed by atoms with Gasteiger partial charge in [-0.3, -0.25) is 9.59 Å². The van der Waals surface area contributed by atoms with Crippen molar-refractivity contribution in [3.8, 4) is 0 Å². The van der Waals surface area contributed by atoms with Crippen LogP contribution in [0.3, 0.4) is 0 Å². The maximum absolute atomic E-state index is 13.3. The van der Waals surface area contributed by atoms with E-state index in [0.29, 0.717) is 25.2 Å². The van der Waals surface area contributed by atoms with Gasteiger partial charge in [-0.05, 0) is 50.8 Å². The average Bonchev–Trinajstić information content (AvgIpc) is 3.31. The van der Waals surface area contributed by atoms with Crippen LogP contribution in [0.4, 0.5) is 0 Å². The highest BCUT2D eigenvalue weighted by molar-refractivity contribution is 7.89. The molecule has 1 aromatic carbocycles. The van der Waals surface area contributed by atoms with E-state index in [2.05, 4.69) is 5.32 Å². The fraction of sp³-hybridized carbons (Fsp3) is 0.583. The number of rotatable bonds is 5. The van der Waals surface area contributed by atoms with Crippen molar-refractivity contribution in [3.05, 3.63) is 40.2 Å². The van der Waals surface area contributed by atoms with Crippen LogP contribution in [0, 0.1) is 0 Å². The van der Waals surface area contributed by atoms with Crippen molar-refractivity contribution in [3.63, 3.8) is 0 Å². The number of nitrogens with one attached hydrogen (secondary N) is 1. The van der Waals surface area contributed by atoms with Crippen molar-refractivity contribution in [2.75, 3.05) is 13.1 Å². The summed E-state index contributed by atoms with van der Waals surface area (Å²) in [6.45, 7) is 3.51. The van der Waals surface area contributed by atoms with Gasteiger partial charge in [0.2, 0.25) is 15.5 Å². The SMILES string of the molecule is CCn1cc(C(=O)NC2CCCCCCC2)c(=O)c2cc(S(=O)(=O)N3CCCC3)ccc21. The predicted octanol–water partition coefficient (Wildman–Crippen LogP) is 3.65. The maximum Gasteiger partial charge on any atom is 0.256 e. The van der Waals surface area contributed by atoms with Crippen LogP contribution in [0.25, 0.3) is 10.9 Å². The number of carbonyl (C=O) groups is 1. The first-order valence-corrected chi connectivity index (χ1v) is 13.3. The van der Waals surface area contributed by atoms with Gasteiger partial charge in [0.25, 0.3) is 5.91 Å². The highest BCUT2D eigenvalue weighted by Gasteiger charge is 2.28. The first-order valence-electron chi connectivity index (χ1n) is 11.9. The Morgan fingerprint density at radius 1 is 1.03 bits per heavy atom.